The molecule has 0 aromatic heterocycles. The zero-order valence-corrected chi connectivity index (χ0v) is 17.7. The molecule has 0 unspecified atom stereocenters. The van der Waals surface area contributed by atoms with Gasteiger partial charge >= 0.3 is 0 Å². The van der Waals surface area contributed by atoms with E-state index in [1.165, 1.54) is 22.7 Å². The molecule has 0 atom stereocenters. The van der Waals surface area contributed by atoms with Crippen LogP contribution in [0.1, 0.15) is 21.5 Å². The van der Waals surface area contributed by atoms with Gasteiger partial charge in [-0.25, -0.2) is 4.39 Å². The minimum atomic E-state index is -0.359. The Morgan fingerprint density at radius 2 is 1.81 bits per heavy atom. The number of halogens is 1. The van der Waals surface area contributed by atoms with Gasteiger partial charge in [0.2, 0.25) is 5.91 Å². The summed E-state index contributed by atoms with van der Waals surface area (Å²) in [7, 11) is 1.62. The van der Waals surface area contributed by atoms with E-state index in [0.717, 1.165) is 0 Å². The fourth-order valence-electron chi connectivity index (χ4n) is 2.94. The molecule has 7 heteroatoms. The molecule has 0 fully saturated rings. The maximum Gasteiger partial charge on any atom is 0.255 e. The Bertz CT molecular complexity index is 1140. The van der Waals surface area contributed by atoms with Crippen molar-refractivity contribution in [3.05, 3.63) is 95.3 Å². The van der Waals surface area contributed by atoms with Gasteiger partial charge in [-0.3, -0.25) is 9.59 Å². The van der Waals surface area contributed by atoms with E-state index in [4.69, 9.17) is 5.26 Å². The summed E-state index contributed by atoms with van der Waals surface area (Å²) >= 11 is 1.24. The molecule has 0 aliphatic carbocycles. The van der Waals surface area contributed by atoms with Crippen molar-refractivity contribution in [2.24, 2.45) is 0 Å². The molecule has 0 spiro atoms. The number of benzene rings is 3. The monoisotopic (exact) mass is 433 g/mol. The molecule has 31 heavy (non-hydrogen) atoms. The first-order valence-corrected chi connectivity index (χ1v) is 10.5. The van der Waals surface area contributed by atoms with E-state index in [1.54, 1.807) is 73.8 Å². The van der Waals surface area contributed by atoms with Gasteiger partial charge in [0, 0.05) is 29.7 Å². The summed E-state index contributed by atoms with van der Waals surface area (Å²) in [6.45, 7) is 0.139. The number of carbonyl (C=O) groups is 2. The summed E-state index contributed by atoms with van der Waals surface area (Å²) in [6.07, 6.45) is 0. The van der Waals surface area contributed by atoms with E-state index in [2.05, 4.69) is 5.32 Å². The molecule has 3 rings (SSSR count). The van der Waals surface area contributed by atoms with Crippen molar-refractivity contribution in [1.82, 2.24) is 4.90 Å². The molecule has 0 saturated carbocycles. The van der Waals surface area contributed by atoms with E-state index >= 15 is 0 Å². The average Bonchev–Trinajstić information content (AvgIpc) is 2.79. The number of nitrogens with one attached hydrogen (secondary N) is 1. The van der Waals surface area contributed by atoms with Gasteiger partial charge in [0.05, 0.1) is 22.9 Å². The first-order valence-electron chi connectivity index (χ1n) is 9.48. The lowest BCUT2D eigenvalue weighted by atomic mass is 10.1. The molecule has 0 aliphatic heterocycles. The third-order valence-corrected chi connectivity index (χ3v) is 5.54. The van der Waals surface area contributed by atoms with E-state index in [9.17, 15) is 14.0 Å². The van der Waals surface area contributed by atoms with Crippen molar-refractivity contribution in [3.8, 4) is 6.07 Å². The van der Waals surface area contributed by atoms with E-state index in [0.29, 0.717) is 27.3 Å². The highest BCUT2D eigenvalue weighted by Crippen LogP contribution is 2.25. The third-order valence-electron chi connectivity index (χ3n) is 4.46. The molecule has 0 heterocycles. The highest BCUT2D eigenvalue weighted by atomic mass is 32.2. The Morgan fingerprint density at radius 1 is 1.06 bits per heavy atom. The number of amides is 2. The van der Waals surface area contributed by atoms with Crippen molar-refractivity contribution in [2.75, 3.05) is 18.1 Å². The Hall–Kier alpha value is -3.63. The van der Waals surface area contributed by atoms with Crippen LogP contribution in [0.2, 0.25) is 0 Å². The summed E-state index contributed by atoms with van der Waals surface area (Å²) in [5.41, 5.74) is 1.88. The molecule has 0 saturated heterocycles. The summed E-state index contributed by atoms with van der Waals surface area (Å²) in [4.78, 5) is 27.4. The fourth-order valence-corrected chi connectivity index (χ4v) is 3.78. The number of nitriles is 1. The van der Waals surface area contributed by atoms with Gasteiger partial charge in [0.25, 0.3) is 5.91 Å². The van der Waals surface area contributed by atoms with E-state index < -0.39 is 0 Å². The minimum absolute atomic E-state index is 0.0953. The minimum Gasteiger partial charge on any atom is -0.337 e. The zero-order valence-electron chi connectivity index (χ0n) is 16.8. The van der Waals surface area contributed by atoms with Gasteiger partial charge in [-0.1, -0.05) is 36.4 Å². The summed E-state index contributed by atoms with van der Waals surface area (Å²) < 4.78 is 13.9. The topological polar surface area (TPSA) is 73.2 Å². The van der Waals surface area contributed by atoms with Crippen LogP contribution in [0.4, 0.5) is 10.1 Å². The standard InChI is InChI=1S/C24H20FN3O2S/c1-28(15-18-8-2-4-11-21(18)25)24(30)20-10-3-5-12-22(20)31-16-23(29)27-19-9-6-7-17(13-19)14-26/h2-13H,15-16H2,1H3,(H,27,29). The molecule has 1 N–H and O–H groups in total. The van der Waals surface area contributed by atoms with Crippen LogP contribution in [-0.4, -0.2) is 29.5 Å². The zero-order chi connectivity index (χ0) is 22.2. The van der Waals surface area contributed by atoms with Crippen LogP contribution < -0.4 is 5.32 Å². The van der Waals surface area contributed by atoms with Crippen molar-refractivity contribution < 1.29 is 14.0 Å². The molecule has 0 bridgehead atoms. The van der Waals surface area contributed by atoms with Crippen LogP contribution in [-0.2, 0) is 11.3 Å². The predicted octanol–water partition coefficient (Wildman–Crippen LogP) is 4.70. The molecule has 3 aromatic carbocycles. The van der Waals surface area contributed by atoms with Gasteiger partial charge in [0.1, 0.15) is 5.82 Å². The molecule has 0 radical (unpaired) electrons. The number of anilines is 1. The van der Waals surface area contributed by atoms with Crippen LogP contribution in [0.5, 0.6) is 0 Å². The third kappa shape index (κ3) is 5.93. The molecule has 0 aliphatic rings. The van der Waals surface area contributed by atoms with Crippen LogP contribution in [0.25, 0.3) is 0 Å². The Morgan fingerprint density at radius 3 is 2.58 bits per heavy atom. The molecule has 3 aromatic rings. The molecule has 5 nitrogen and oxygen atoms in total. The van der Waals surface area contributed by atoms with Gasteiger partial charge in [-0.2, -0.15) is 5.26 Å². The second kappa shape index (κ2) is 10.4. The predicted molar refractivity (Wildman–Crippen MR) is 119 cm³/mol. The molecular formula is C24H20FN3O2S. The van der Waals surface area contributed by atoms with Crippen molar-refractivity contribution in [1.29, 1.82) is 5.26 Å². The first-order chi connectivity index (χ1) is 15.0. The number of rotatable bonds is 7. The Balaban J connectivity index is 1.65. The summed E-state index contributed by atoms with van der Waals surface area (Å²) in [6, 6.07) is 22.0. The van der Waals surface area contributed by atoms with Gasteiger partial charge < -0.3 is 10.2 Å². The lowest BCUT2D eigenvalue weighted by molar-refractivity contribution is -0.113. The first kappa shape index (κ1) is 22.1. The molecular weight excluding hydrogens is 413 g/mol. The van der Waals surface area contributed by atoms with Crippen molar-refractivity contribution >= 4 is 29.3 Å². The fraction of sp³-hybridized carbons (Fsp3) is 0.125. The van der Waals surface area contributed by atoms with E-state index in [-0.39, 0.29) is 29.9 Å². The van der Waals surface area contributed by atoms with Crippen molar-refractivity contribution in [3.63, 3.8) is 0 Å². The van der Waals surface area contributed by atoms with Gasteiger partial charge in [-0.15, -0.1) is 11.8 Å². The van der Waals surface area contributed by atoms with Gasteiger partial charge in [-0.05, 0) is 36.4 Å². The quantitative estimate of drug-likeness (QED) is 0.548. The van der Waals surface area contributed by atoms with Gasteiger partial charge in [0.15, 0.2) is 0 Å². The largest absolute Gasteiger partial charge is 0.337 e. The van der Waals surface area contributed by atoms with E-state index in [1.807, 2.05) is 6.07 Å². The number of hydrogen-bond acceptors (Lipinski definition) is 4. The number of thioether (sulfide) groups is 1. The summed E-state index contributed by atoms with van der Waals surface area (Å²) in [5.74, 6) is -0.768. The molecule has 2 amide bonds. The molecule has 156 valence electrons. The number of hydrogen-bond donors (Lipinski definition) is 1. The average molecular weight is 434 g/mol. The van der Waals surface area contributed by atoms with Crippen molar-refractivity contribution in [2.45, 2.75) is 11.4 Å². The highest BCUT2D eigenvalue weighted by Gasteiger charge is 2.18. The maximum atomic E-state index is 13.9. The van der Waals surface area contributed by atoms with Crippen LogP contribution >= 0.6 is 11.8 Å². The lowest BCUT2D eigenvalue weighted by Gasteiger charge is -2.19. The van der Waals surface area contributed by atoms with Crippen LogP contribution in [0, 0.1) is 17.1 Å². The SMILES string of the molecule is CN(Cc1ccccc1F)C(=O)c1ccccc1SCC(=O)Nc1cccc(C#N)c1. The summed E-state index contributed by atoms with van der Waals surface area (Å²) in [5, 5.41) is 11.7. The lowest BCUT2D eigenvalue weighted by Crippen LogP contribution is -2.27. The van der Waals surface area contributed by atoms with Crippen LogP contribution in [0.3, 0.4) is 0 Å². The smallest absolute Gasteiger partial charge is 0.255 e. The Kier molecular flexibility index (Phi) is 7.41. The second-order valence-electron chi connectivity index (χ2n) is 6.78. The second-order valence-corrected chi connectivity index (χ2v) is 7.80. The highest BCUT2D eigenvalue weighted by molar-refractivity contribution is 8.00. The maximum absolute atomic E-state index is 13.9. The number of nitrogens with zero attached hydrogens (tertiary/aromatic N) is 2. The van der Waals surface area contributed by atoms with Crippen LogP contribution in [0.15, 0.2) is 77.7 Å². The Labute approximate surface area is 184 Å². The number of carbonyl (C=O) groups excluding carboxylic acids is 2. The normalized spacial score (nSPS) is 10.2.